The van der Waals surface area contributed by atoms with Crippen LogP contribution in [0.25, 0.3) is 0 Å². The molecule has 1 N–H and O–H groups in total. The Balaban J connectivity index is 2.15. The average molecular weight is 292 g/mol. The van der Waals surface area contributed by atoms with Gasteiger partial charge in [0.2, 0.25) is 6.20 Å². The lowest BCUT2D eigenvalue weighted by atomic mass is 10.1. The highest BCUT2D eigenvalue weighted by atomic mass is 32.2. The SMILES string of the molecule is C/C(=N\NS(=O)(=O)c1ccccc1)C1C=CC=C[N+]1=O. The molecule has 1 aliphatic heterocycles. The van der Waals surface area contributed by atoms with E-state index < -0.39 is 16.1 Å². The van der Waals surface area contributed by atoms with E-state index in [4.69, 9.17) is 0 Å². The Hall–Kier alpha value is -2.28. The van der Waals surface area contributed by atoms with Gasteiger partial charge in [0.1, 0.15) is 5.71 Å². The average Bonchev–Trinajstić information content (AvgIpc) is 2.46. The molecule has 6 nitrogen and oxygen atoms in total. The first-order chi connectivity index (χ1) is 9.50. The molecule has 1 unspecified atom stereocenters. The molecule has 20 heavy (non-hydrogen) atoms. The molecule has 0 aliphatic carbocycles. The Morgan fingerprint density at radius 3 is 2.60 bits per heavy atom. The van der Waals surface area contributed by atoms with Crippen molar-refractivity contribution in [3.8, 4) is 0 Å². The number of hydrazone groups is 1. The number of hydrogen-bond acceptors (Lipinski definition) is 4. The van der Waals surface area contributed by atoms with Crippen LogP contribution in [-0.4, -0.2) is 24.9 Å². The zero-order chi connectivity index (χ0) is 14.6. The minimum absolute atomic E-state index is 0.120. The van der Waals surface area contributed by atoms with Crippen LogP contribution in [0, 0.1) is 4.91 Å². The number of nitrogens with one attached hydrogen (secondary N) is 1. The Labute approximate surface area is 117 Å². The van der Waals surface area contributed by atoms with Crippen LogP contribution in [0.2, 0.25) is 0 Å². The minimum Gasteiger partial charge on any atom is -0.200 e. The van der Waals surface area contributed by atoms with E-state index in [-0.39, 0.29) is 4.90 Å². The molecule has 104 valence electrons. The molecule has 0 spiro atoms. The van der Waals surface area contributed by atoms with E-state index in [1.807, 2.05) is 0 Å². The van der Waals surface area contributed by atoms with E-state index in [2.05, 4.69) is 9.93 Å². The molecule has 0 bridgehead atoms. The monoisotopic (exact) mass is 292 g/mol. The fourth-order valence-corrected chi connectivity index (χ4v) is 2.54. The van der Waals surface area contributed by atoms with Crippen LogP contribution in [0.5, 0.6) is 0 Å². The highest BCUT2D eigenvalue weighted by Gasteiger charge is 2.26. The van der Waals surface area contributed by atoms with Gasteiger partial charge in [-0.1, -0.05) is 24.3 Å². The molecule has 0 fully saturated rings. The highest BCUT2D eigenvalue weighted by Crippen LogP contribution is 2.08. The minimum atomic E-state index is -3.71. The standard InChI is InChI=1S/C13H14N3O3S/c1-11(13-9-5-6-10-16(13)17)14-15-20(18,19)12-7-3-2-4-8-12/h2-10,13,15H,1H3/q+1/b14-11+. The van der Waals surface area contributed by atoms with Crippen LogP contribution >= 0.6 is 0 Å². The molecule has 0 saturated carbocycles. The molecule has 7 heteroatoms. The lowest BCUT2D eigenvalue weighted by Crippen LogP contribution is -2.30. The Morgan fingerprint density at radius 2 is 1.95 bits per heavy atom. The van der Waals surface area contributed by atoms with Gasteiger partial charge >= 0.3 is 0 Å². The van der Waals surface area contributed by atoms with Crippen molar-refractivity contribution in [2.75, 3.05) is 0 Å². The smallest absolute Gasteiger partial charge is 0.200 e. The predicted molar refractivity (Wildman–Crippen MR) is 75.6 cm³/mol. The molecule has 1 aromatic rings. The maximum absolute atomic E-state index is 12.0. The number of rotatable bonds is 4. The number of benzene rings is 1. The third-order valence-corrected chi connectivity index (χ3v) is 3.96. The molecule has 0 radical (unpaired) electrons. The summed E-state index contributed by atoms with van der Waals surface area (Å²) in [5.41, 5.74) is 0.361. The second-order valence-electron chi connectivity index (χ2n) is 4.19. The van der Waals surface area contributed by atoms with Gasteiger partial charge in [-0.25, -0.2) is 0 Å². The van der Waals surface area contributed by atoms with Crippen LogP contribution < -0.4 is 4.83 Å². The molecule has 1 aliphatic rings. The van der Waals surface area contributed by atoms with Gasteiger partial charge in [0.05, 0.1) is 4.90 Å². The van der Waals surface area contributed by atoms with E-state index in [1.165, 1.54) is 18.3 Å². The molecular weight excluding hydrogens is 278 g/mol. The van der Waals surface area contributed by atoms with Gasteiger partial charge in [-0.2, -0.15) is 18.4 Å². The van der Waals surface area contributed by atoms with E-state index in [9.17, 15) is 13.3 Å². The number of nitroso groups, excluding NO2 is 1. The van der Waals surface area contributed by atoms with Gasteiger partial charge in [-0.05, 0) is 25.1 Å². The van der Waals surface area contributed by atoms with Crippen molar-refractivity contribution in [2.24, 2.45) is 5.10 Å². The number of sulfonamides is 1. The molecule has 1 aromatic carbocycles. The lowest BCUT2D eigenvalue weighted by molar-refractivity contribution is -0.491. The van der Waals surface area contributed by atoms with Gasteiger partial charge in [0.25, 0.3) is 16.1 Å². The summed E-state index contributed by atoms with van der Waals surface area (Å²) in [6.45, 7) is 1.59. The third-order valence-electron chi connectivity index (χ3n) is 2.74. The van der Waals surface area contributed by atoms with Crippen molar-refractivity contribution in [1.29, 1.82) is 0 Å². The predicted octanol–water partition coefficient (Wildman–Crippen LogP) is 1.57. The molecule has 1 atom stereocenters. The van der Waals surface area contributed by atoms with Crippen LogP contribution in [-0.2, 0) is 10.0 Å². The Bertz CT molecular complexity index is 691. The maximum atomic E-state index is 12.0. The summed E-state index contributed by atoms with van der Waals surface area (Å²) >= 11 is 0. The van der Waals surface area contributed by atoms with Crippen molar-refractivity contribution in [1.82, 2.24) is 4.83 Å². The first-order valence-corrected chi connectivity index (χ1v) is 7.40. The normalized spacial score (nSPS) is 19.1. The third kappa shape index (κ3) is 3.18. The van der Waals surface area contributed by atoms with E-state index in [0.29, 0.717) is 10.5 Å². The van der Waals surface area contributed by atoms with Crippen LogP contribution in [0.1, 0.15) is 6.92 Å². The quantitative estimate of drug-likeness (QED) is 0.520. The molecule has 0 amide bonds. The number of allylic oxidation sites excluding steroid dienone is 2. The van der Waals surface area contributed by atoms with Gasteiger partial charge < -0.3 is 0 Å². The number of hydrogen-bond donors (Lipinski definition) is 1. The molecule has 0 aromatic heterocycles. The summed E-state index contributed by atoms with van der Waals surface area (Å²) < 4.78 is 24.6. The second kappa shape index (κ2) is 5.79. The van der Waals surface area contributed by atoms with Crippen molar-refractivity contribution >= 4 is 15.7 Å². The zero-order valence-corrected chi connectivity index (χ0v) is 11.6. The van der Waals surface area contributed by atoms with Crippen molar-refractivity contribution < 1.29 is 13.2 Å². The highest BCUT2D eigenvalue weighted by molar-refractivity contribution is 7.89. The fourth-order valence-electron chi connectivity index (χ4n) is 1.66. The maximum Gasteiger partial charge on any atom is 0.276 e. The summed E-state index contributed by atoms with van der Waals surface area (Å²) in [5, 5.41) is 3.80. The Morgan fingerprint density at radius 1 is 1.25 bits per heavy atom. The van der Waals surface area contributed by atoms with Crippen molar-refractivity contribution in [2.45, 2.75) is 17.9 Å². The topological polar surface area (TPSA) is 78.6 Å². The zero-order valence-electron chi connectivity index (χ0n) is 10.8. The molecular formula is C13H14N3O3S+. The van der Waals surface area contributed by atoms with Crippen LogP contribution in [0.15, 0.2) is 64.8 Å². The Kier molecular flexibility index (Phi) is 4.09. The molecule has 1 heterocycles. The van der Waals surface area contributed by atoms with Crippen LogP contribution in [0.3, 0.4) is 0 Å². The molecule has 0 saturated heterocycles. The summed E-state index contributed by atoms with van der Waals surface area (Å²) in [6.07, 6.45) is 6.31. The second-order valence-corrected chi connectivity index (χ2v) is 5.85. The fraction of sp³-hybridized carbons (Fsp3) is 0.154. The summed E-state index contributed by atoms with van der Waals surface area (Å²) in [5.74, 6) is 0. The van der Waals surface area contributed by atoms with Crippen molar-refractivity contribution in [3.05, 3.63) is 59.7 Å². The lowest BCUT2D eigenvalue weighted by Gasteiger charge is -2.07. The van der Waals surface area contributed by atoms with E-state index in [0.717, 1.165) is 0 Å². The van der Waals surface area contributed by atoms with Gasteiger partial charge in [0, 0.05) is 15.7 Å². The van der Waals surface area contributed by atoms with Crippen molar-refractivity contribution in [3.63, 3.8) is 0 Å². The summed E-state index contributed by atoms with van der Waals surface area (Å²) in [7, 11) is -3.71. The van der Waals surface area contributed by atoms with Crippen LogP contribution in [0.4, 0.5) is 0 Å². The first-order valence-electron chi connectivity index (χ1n) is 5.92. The van der Waals surface area contributed by atoms with E-state index in [1.54, 1.807) is 43.4 Å². The first kappa shape index (κ1) is 14.1. The summed E-state index contributed by atoms with van der Waals surface area (Å²) in [6, 6.07) is 7.31. The largest absolute Gasteiger partial charge is 0.276 e. The van der Waals surface area contributed by atoms with Gasteiger partial charge in [-0.15, -0.1) is 0 Å². The van der Waals surface area contributed by atoms with Gasteiger partial charge in [-0.3, -0.25) is 0 Å². The molecule has 2 rings (SSSR count). The summed E-state index contributed by atoms with van der Waals surface area (Å²) in [4.78, 5) is 13.8. The van der Waals surface area contributed by atoms with E-state index >= 15 is 0 Å². The number of nitrogens with zero attached hydrogens (tertiary/aromatic N) is 2. The van der Waals surface area contributed by atoms with Gasteiger partial charge in [0.15, 0.2) is 0 Å².